The molecule has 0 aliphatic heterocycles. The second-order valence-corrected chi connectivity index (χ2v) is 3.96. The van der Waals surface area contributed by atoms with E-state index in [2.05, 4.69) is 18.7 Å². The summed E-state index contributed by atoms with van der Waals surface area (Å²) in [7, 11) is 0. The molecule has 0 aliphatic carbocycles. The minimum absolute atomic E-state index is 0.183. The third kappa shape index (κ3) is 3.20. The molecule has 1 aromatic carbocycles. The maximum absolute atomic E-state index is 8.96. The Morgan fingerprint density at radius 2 is 2.07 bits per heavy atom. The fraction of sp³-hybridized carbons (Fsp3) is 0.500. The van der Waals surface area contributed by atoms with Crippen LogP contribution in [0.25, 0.3) is 0 Å². The molecule has 1 atom stereocenters. The molecule has 1 unspecified atom stereocenters. The predicted octanol–water partition coefficient (Wildman–Crippen LogP) is 2.72. The average Bonchev–Trinajstić information content (AvgIpc) is 2.25. The Balaban J connectivity index is 2.82. The smallest absolute Gasteiger partial charge is 0.0558 e. The Bertz CT molecular complexity index is 303. The van der Waals surface area contributed by atoms with E-state index in [1.807, 2.05) is 24.3 Å². The highest BCUT2D eigenvalue weighted by atomic mass is 35.5. The quantitative estimate of drug-likeness (QED) is 0.836. The Morgan fingerprint density at radius 1 is 1.40 bits per heavy atom. The van der Waals surface area contributed by atoms with Gasteiger partial charge in [0, 0.05) is 17.6 Å². The van der Waals surface area contributed by atoms with Gasteiger partial charge in [-0.2, -0.15) is 0 Å². The van der Waals surface area contributed by atoms with E-state index in [0.29, 0.717) is 6.54 Å². The number of likely N-dealkylation sites (N-methyl/N-ethyl adjacent to an activating group) is 1. The first-order valence-corrected chi connectivity index (χ1v) is 5.67. The van der Waals surface area contributed by atoms with Crippen LogP contribution in [0.1, 0.15) is 25.5 Å². The van der Waals surface area contributed by atoms with Crippen molar-refractivity contribution in [3.8, 4) is 0 Å². The number of benzene rings is 1. The van der Waals surface area contributed by atoms with Crippen LogP contribution in [0.4, 0.5) is 0 Å². The van der Waals surface area contributed by atoms with Gasteiger partial charge in [0.05, 0.1) is 6.61 Å². The van der Waals surface area contributed by atoms with Crippen molar-refractivity contribution in [3.05, 3.63) is 34.9 Å². The maximum Gasteiger partial charge on any atom is 0.0558 e. The molecule has 84 valence electrons. The number of rotatable bonds is 5. The van der Waals surface area contributed by atoms with Crippen LogP contribution in [0.2, 0.25) is 5.02 Å². The molecule has 0 spiro atoms. The largest absolute Gasteiger partial charge is 0.395 e. The molecule has 0 amide bonds. The van der Waals surface area contributed by atoms with Crippen molar-refractivity contribution in [1.29, 1.82) is 0 Å². The van der Waals surface area contributed by atoms with Crippen molar-refractivity contribution in [2.75, 3.05) is 19.7 Å². The standard InChI is InChI=1S/C12H18ClNO/c1-3-14(8-9-15)10(2)11-6-4-5-7-12(11)13/h4-7,10,15H,3,8-9H2,1-2H3. The minimum atomic E-state index is 0.183. The van der Waals surface area contributed by atoms with Crippen LogP contribution < -0.4 is 0 Å². The Hall–Kier alpha value is -0.570. The van der Waals surface area contributed by atoms with E-state index in [1.165, 1.54) is 0 Å². The van der Waals surface area contributed by atoms with Gasteiger partial charge in [-0.15, -0.1) is 0 Å². The Labute approximate surface area is 96.5 Å². The zero-order chi connectivity index (χ0) is 11.3. The van der Waals surface area contributed by atoms with Gasteiger partial charge in [-0.25, -0.2) is 0 Å². The Kier molecular flexibility index (Phi) is 5.09. The van der Waals surface area contributed by atoms with Crippen LogP contribution in [0.3, 0.4) is 0 Å². The molecular weight excluding hydrogens is 210 g/mol. The molecule has 0 fully saturated rings. The summed E-state index contributed by atoms with van der Waals surface area (Å²) in [5.41, 5.74) is 1.12. The number of aliphatic hydroxyl groups is 1. The third-order valence-corrected chi connectivity index (χ3v) is 3.04. The molecule has 2 nitrogen and oxygen atoms in total. The van der Waals surface area contributed by atoms with Crippen LogP contribution in [-0.4, -0.2) is 29.7 Å². The van der Waals surface area contributed by atoms with Crippen molar-refractivity contribution < 1.29 is 5.11 Å². The highest BCUT2D eigenvalue weighted by Crippen LogP contribution is 2.26. The monoisotopic (exact) mass is 227 g/mol. The van der Waals surface area contributed by atoms with Gasteiger partial charge in [-0.05, 0) is 25.1 Å². The average molecular weight is 228 g/mol. The molecule has 0 bridgehead atoms. The summed E-state index contributed by atoms with van der Waals surface area (Å²) < 4.78 is 0. The molecule has 0 aliphatic rings. The predicted molar refractivity (Wildman–Crippen MR) is 64.2 cm³/mol. The van der Waals surface area contributed by atoms with Crippen LogP contribution in [0, 0.1) is 0 Å². The summed E-state index contributed by atoms with van der Waals surface area (Å²) >= 11 is 6.13. The zero-order valence-corrected chi connectivity index (χ0v) is 10.0. The van der Waals surface area contributed by atoms with Crippen LogP contribution in [0.15, 0.2) is 24.3 Å². The van der Waals surface area contributed by atoms with Crippen LogP contribution in [-0.2, 0) is 0 Å². The number of aliphatic hydroxyl groups excluding tert-OH is 1. The first-order valence-electron chi connectivity index (χ1n) is 5.30. The number of halogens is 1. The molecular formula is C12H18ClNO. The van der Waals surface area contributed by atoms with Gasteiger partial charge >= 0.3 is 0 Å². The summed E-state index contributed by atoms with van der Waals surface area (Å²) in [6.07, 6.45) is 0. The van der Waals surface area contributed by atoms with E-state index in [0.717, 1.165) is 17.1 Å². The molecule has 0 saturated carbocycles. The lowest BCUT2D eigenvalue weighted by molar-refractivity contribution is 0.165. The molecule has 0 radical (unpaired) electrons. The molecule has 0 saturated heterocycles. The SMILES string of the molecule is CCN(CCO)C(C)c1ccccc1Cl. The highest BCUT2D eigenvalue weighted by Gasteiger charge is 2.15. The molecule has 3 heteroatoms. The second-order valence-electron chi connectivity index (χ2n) is 3.55. The van der Waals surface area contributed by atoms with Crippen molar-refractivity contribution >= 4 is 11.6 Å². The Morgan fingerprint density at radius 3 is 2.60 bits per heavy atom. The summed E-state index contributed by atoms with van der Waals surface area (Å²) in [5.74, 6) is 0. The lowest BCUT2D eigenvalue weighted by Crippen LogP contribution is -2.29. The van der Waals surface area contributed by atoms with E-state index >= 15 is 0 Å². The van der Waals surface area contributed by atoms with E-state index in [9.17, 15) is 0 Å². The van der Waals surface area contributed by atoms with Gasteiger partial charge < -0.3 is 5.11 Å². The van der Waals surface area contributed by atoms with Gasteiger partial charge in [0.25, 0.3) is 0 Å². The van der Waals surface area contributed by atoms with Gasteiger partial charge in [0.1, 0.15) is 0 Å². The molecule has 0 aromatic heterocycles. The molecule has 1 aromatic rings. The lowest BCUT2D eigenvalue weighted by atomic mass is 10.1. The summed E-state index contributed by atoms with van der Waals surface area (Å²) in [4.78, 5) is 2.20. The maximum atomic E-state index is 8.96. The fourth-order valence-corrected chi connectivity index (χ4v) is 2.06. The first-order chi connectivity index (χ1) is 7.20. The summed E-state index contributed by atoms with van der Waals surface area (Å²) in [6, 6.07) is 8.11. The van der Waals surface area contributed by atoms with E-state index in [1.54, 1.807) is 0 Å². The molecule has 1 N–H and O–H groups in total. The van der Waals surface area contributed by atoms with Crippen molar-refractivity contribution in [2.45, 2.75) is 19.9 Å². The molecule has 15 heavy (non-hydrogen) atoms. The third-order valence-electron chi connectivity index (χ3n) is 2.70. The van der Waals surface area contributed by atoms with Gasteiger partial charge in [0.2, 0.25) is 0 Å². The number of hydrogen-bond acceptors (Lipinski definition) is 2. The van der Waals surface area contributed by atoms with E-state index in [-0.39, 0.29) is 12.6 Å². The molecule has 0 heterocycles. The fourth-order valence-electron chi connectivity index (χ4n) is 1.76. The summed E-state index contributed by atoms with van der Waals surface area (Å²) in [5, 5.41) is 9.75. The van der Waals surface area contributed by atoms with Crippen molar-refractivity contribution in [3.63, 3.8) is 0 Å². The topological polar surface area (TPSA) is 23.5 Å². The highest BCUT2D eigenvalue weighted by molar-refractivity contribution is 6.31. The van der Waals surface area contributed by atoms with Gasteiger partial charge in [-0.3, -0.25) is 4.90 Å². The van der Waals surface area contributed by atoms with Gasteiger partial charge in [-0.1, -0.05) is 36.7 Å². The normalized spacial score (nSPS) is 13.1. The van der Waals surface area contributed by atoms with Gasteiger partial charge in [0.15, 0.2) is 0 Å². The lowest BCUT2D eigenvalue weighted by Gasteiger charge is -2.27. The van der Waals surface area contributed by atoms with Crippen molar-refractivity contribution in [1.82, 2.24) is 4.90 Å². The number of hydrogen-bond donors (Lipinski definition) is 1. The summed E-state index contributed by atoms with van der Waals surface area (Å²) in [6.45, 7) is 5.97. The minimum Gasteiger partial charge on any atom is -0.395 e. The van der Waals surface area contributed by atoms with E-state index < -0.39 is 0 Å². The van der Waals surface area contributed by atoms with E-state index in [4.69, 9.17) is 16.7 Å². The van der Waals surface area contributed by atoms with Crippen LogP contribution >= 0.6 is 11.6 Å². The number of nitrogens with zero attached hydrogens (tertiary/aromatic N) is 1. The zero-order valence-electron chi connectivity index (χ0n) is 9.28. The van der Waals surface area contributed by atoms with Crippen molar-refractivity contribution in [2.24, 2.45) is 0 Å². The first kappa shape index (κ1) is 12.5. The van der Waals surface area contributed by atoms with Crippen LogP contribution in [0.5, 0.6) is 0 Å². The second kappa shape index (κ2) is 6.11. The molecule has 1 rings (SSSR count).